The van der Waals surface area contributed by atoms with Crippen molar-refractivity contribution in [3.05, 3.63) is 24.3 Å². The lowest BCUT2D eigenvalue weighted by molar-refractivity contribution is -0.172. The molecule has 0 saturated carbocycles. The molecule has 0 aromatic rings. The molecular formula is C12H18O2. The van der Waals surface area contributed by atoms with Crippen molar-refractivity contribution in [2.75, 3.05) is 13.2 Å². The zero-order chi connectivity index (χ0) is 9.97. The summed E-state index contributed by atoms with van der Waals surface area (Å²) in [5.41, 5.74) is 0. The Morgan fingerprint density at radius 1 is 0.929 bits per heavy atom. The molecule has 0 aliphatic heterocycles. The van der Waals surface area contributed by atoms with Crippen LogP contribution in [0, 0.1) is 17.8 Å². The normalized spacial score (nSPS) is 33.5. The van der Waals surface area contributed by atoms with Crippen molar-refractivity contribution in [3.63, 3.8) is 0 Å². The summed E-state index contributed by atoms with van der Waals surface area (Å²) >= 11 is 0. The number of ether oxygens (including phenoxy) is 2. The molecule has 0 radical (unpaired) electrons. The highest BCUT2D eigenvalue weighted by atomic mass is 16.7. The molecule has 0 saturated heterocycles. The summed E-state index contributed by atoms with van der Waals surface area (Å²) < 4.78 is 11.3. The molecule has 78 valence electrons. The second-order valence-electron chi connectivity index (χ2n) is 3.78. The lowest BCUT2D eigenvalue weighted by Crippen LogP contribution is -2.31. The van der Waals surface area contributed by atoms with Gasteiger partial charge in [0.05, 0.1) is 0 Å². The lowest BCUT2D eigenvalue weighted by atomic mass is 9.94. The molecule has 0 N–H and O–H groups in total. The Labute approximate surface area is 85.6 Å². The van der Waals surface area contributed by atoms with E-state index in [4.69, 9.17) is 9.47 Å². The van der Waals surface area contributed by atoms with E-state index in [-0.39, 0.29) is 6.29 Å². The van der Waals surface area contributed by atoms with Crippen LogP contribution in [-0.4, -0.2) is 19.5 Å². The van der Waals surface area contributed by atoms with E-state index in [0.717, 1.165) is 13.2 Å². The van der Waals surface area contributed by atoms with Crippen molar-refractivity contribution in [2.45, 2.75) is 20.1 Å². The maximum atomic E-state index is 5.64. The van der Waals surface area contributed by atoms with Crippen molar-refractivity contribution in [1.82, 2.24) is 0 Å². The van der Waals surface area contributed by atoms with Crippen molar-refractivity contribution in [1.29, 1.82) is 0 Å². The highest BCUT2D eigenvalue weighted by Crippen LogP contribution is 2.42. The molecule has 14 heavy (non-hydrogen) atoms. The van der Waals surface area contributed by atoms with Crippen LogP contribution in [0.4, 0.5) is 0 Å². The highest BCUT2D eigenvalue weighted by molar-refractivity contribution is 5.25. The fourth-order valence-electron chi connectivity index (χ4n) is 2.37. The van der Waals surface area contributed by atoms with Crippen LogP contribution in [0.25, 0.3) is 0 Å². The van der Waals surface area contributed by atoms with Crippen molar-refractivity contribution < 1.29 is 9.47 Å². The first kappa shape index (κ1) is 9.94. The predicted octanol–water partition coefficient (Wildman–Crippen LogP) is 2.37. The molecule has 2 bridgehead atoms. The Hall–Kier alpha value is -0.600. The van der Waals surface area contributed by atoms with Crippen LogP contribution in [0.1, 0.15) is 13.8 Å². The van der Waals surface area contributed by atoms with Crippen molar-refractivity contribution in [3.8, 4) is 0 Å². The molecule has 2 aliphatic rings. The molecule has 0 spiro atoms. The Bertz CT molecular complexity index is 209. The summed E-state index contributed by atoms with van der Waals surface area (Å²) in [6, 6.07) is 0. The number of allylic oxidation sites excluding steroid dienone is 4. The number of hydrogen-bond donors (Lipinski definition) is 0. The maximum Gasteiger partial charge on any atom is 0.162 e. The van der Waals surface area contributed by atoms with Crippen molar-refractivity contribution in [2.24, 2.45) is 17.8 Å². The summed E-state index contributed by atoms with van der Waals surface area (Å²) in [4.78, 5) is 0. The van der Waals surface area contributed by atoms with Crippen LogP contribution in [0.3, 0.4) is 0 Å². The summed E-state index contributed by atoms with van der Waals surface area (Å²) in [6.07, 6.45) is 9.02. The van der Waals surface area contributed by atoms with Gasteiger partial charge >= 0.3 is 0 Å². The topological polar surface area (TPSA) is 18.5 Å². The minimum Gasteiger partial charge on any atom is -0.353 e. The van der Waals surface area contributed by atoms with Crippen LogP contribution < -0.4 is 0 Å². The molecule has 0 unspecified atom stereocenters. The molecule has 0 heterocycles. The molecule has 0 atom stereocenters. The standard InChI is InChI=1S/C12H18O2/c1-3-13-12(14-4-2)11-9-5-6-10(11)8-7-9/h5-12H,3-4H2,1-2H3. The molecule has 2 heteroatoms. The van der Waals surface area contributed by atoms with E-state index < -0.39 is 0 Å². The van der Waals surface area contributed by atoms with E-state index in [2.05, 4.69) is 24.3 Å². The van der Waals surface area contributed by atoms with Gasteiger partial charge in [0.15, 0.2) is 6.29 Å². The van der Waals surface area contributed by atoms with Gasteiger partial charge in [-0.1, -0.05) is 24.3 Å². The summed E-state index contributed by atoms with van der Waals surface area (Å²) in [7, 11) is 0. The van der Waals surface area contributed by atoms with Crippen LogP contribution >= 0.6 is 0 Å². The van der Waals surface area contributed by atoms with E-state index in [1.165, 1.54) is 0 Å². The third-order valence-corrected chi connectivity index (χ3v) is 2.98. The van der Waals surface area contributed by atoms with E-state index in [1.54, 1.807) is 0 Å². The second kappa shape index (κ2) is 4.28. The van der Waals surface area contributed by atoms with E-state index in [0.29, 0.717) is 17.8 Å². The van der Waals surface area contributed by atoms with E-state index >= 15 is 0 Å². The zero-order valence-corrected chi connectivity index (χ0v) is 8.85. The zero-order valence-electron chi connectivity index (χ0n) is 8.85. The van der Waals surface area contributed by atoms with E-state index in [9.17, 15) is 0 Å². The summed E-state index contributed by atoms with van der Waals surface area (Å²) in [5.74, 6) is 1.54. The van der Waals surface area contributed by atoms with Gasteiger partial charge in [0, 0.05) is 31.0 Å². The number of rotatable bonds is 5. The molecule has 0 amide bonds. The number of hydrogen-bond acceptors (Lipinski definition) is 2. The predicted molar refractivity (Wildman–Crippen MR) is 55.8 cm³/mol. The maximum absolute atomic E-state index is 5.64. The van der Waals surface area contributed by atoms with Crippen LogP contribution in [-0.2, 0) is 9.47 Å². The smallest absolute Gasteiger partial charge is 0.162 e. The van der Waals surface area contributed by atoms with Gasteiger partial charge in [-0.15, -0.1) is 0 Å². The van der Waals surface area contributed by atoms with Crippen LogP contribution in [0.5, 0.6) is 0 Å². The first-order valence-electron chi connectivity index (χ1n) is 5.46. The van der Waals surface area contributed by atoms with Gasteiger partial charge in [-0.05, 0) is 13.8 Å². The Balaban J connectivity index is 1.99. The van der Waals surface area contributed by atoms with Crippen molar-refractivity contribution >= 4 is 0 Å². The SMILES string of the molecule is CCOC(OCC)C1C2C=CC1C=C2. The molecule has 2 rings (SSSR count). The van der Waals surface area contributed by atoms with Crippen LogP contribution in [0.15, 0.2) is 24.3 Å². The van der Waals surface area contributed by atoms with E-state index in [1.807, 2.05) is 13.8 Å². The van der Waals surface area contributed by atoms with Gasteiger partial charge in [-0.3, -0.25) is 0 Å². The third-order valence-electron chi connectivity index (χ3n) is 2.98. The molecule has 0 fully saturated rings. The Morgan fingerprint density at radius 3 is 1.71 bits per heavy atom. The van der Waals surface area contributed by atoms with Gasteiger partial charge < -0.3 is 9.47 Å². The monoisotopic (exact) mass is 194 g/mol. The molecule has 0 aromatic heterocycles. The Kier molecular flexibility index (Phi) is 3.04. The summed E-state index contributed by atoms with van der Waals surface area (Å²) in [6.45, 7) is 5.48. The molecular weight excluding hydrogens is 176 g/mol. The first-order valence-corrected chi connectivity index (χ1v) is 5.46. The minimum atomic E-state index is -0.0370. The Morgan fingerprint density at radius 2 is 1.36 bits per heavy atom. The molecule has 2 aliphatic carbocycles. The van der Waals surface area contributed by atoms with Gasteiger partial charge in [0.1, 0.15) is 0 Å². The molecule has 0 aromatic carbocycles. The van der Waals surface area contributed by atoms with Gasteiger partial charge in [-0.25, -0.2) is 0 Å². The largest absolute Gasteiger partial charge is 0.353 e. The second-order valence-corrected chi connectivity index (χ2v) is 3.78. The molecule has 2 nitrogen and oxygen atoms in total. The third kappa shape index (κ3) is 1.64. The highest BCUT2D eigenvalue weighted by Gasteiger charge is 2.39. The minimum absolute atomic E-state index is 0.0370. The average Bonchev–Trinajstić information content (AvgIpc) is 2.76. The fourth-order valence-corrected chi connectivity index (χ4v) is 2.37. The summed E-state index contributed by atoms with van der Waals surface area (Å²) in [5, 5.41) is 0. The van der Waals surface area contributed by atoms with Gasteiger partial charge in [0.2, 0.25) is 0 Å². The fraction of sp³-hybridized carbons (Fsp3) is 0.667. The van der Waals surface area contributed by atoms with Gasteiger partial charge in [0.25, 0.3) is 0 Å². The number of fused-ring (bicyclic) bond motifs is 2. The first-order chi connectivity index (χ1) is 6.86. The quantitative estimate of drug-likeness (QED) is 0.494. The average molecular weight is 194 g/mol. The lowest BCUT2D eigenvalue weighted by Gasteiger charge is -2.26. The van der Waals surface area contributed by atoms with Crippen LogP contribution in [0.2, 0.25) is 0 Å². The van der Waals surface area contributed by atoms with Gasteiger partial charge in [-0.2, -0.15) is 0 Å².